The zero-order chi connectivity index (χ0) is 14.9. The first-order valence-electron chi connectivity index (χ1n) is 8.00. The van der Waals surface area contributed by atoms with Crippen molar-refractivity contribution in [2.24, 2.45) is 5.92 Å². The molecule has 0 bridgehead atoms. The number of likely N-dealkylation sites (tertiary alicyclic amines) is 1. The van der Waals surface area contributed by atoms with E-state index < -0.39 is 0 Å². The van der Waals surface area contributed by atoms with Gasteiger partial charge in [-0.25, -0.2) is 4.98 Å². The summed E-state index contributed by atoms with van der Waals surface area (Å²) in [6, 6.07) is 1.83. The Kier molecular flexibility index (Phi) is 3.44. The maximum Gasteiger partial charge on any atom is 0.257 e. The molecule has 2 aromatic heterocycles. The van der Waals surface area contributed by atoms with Crippen molar-refractivity contribution in [2.75, 3.05) is 13.1 Å². The van der Waals surface area contributed by atoms with Gasteiger partial charge >= 0.3 is 0 Å². The number of carbonyl (C=O) groups is 1. The van der Waals surface area contributed by atoms with Crippen LogP contribution in [0.1, 0.15) is 47.7 Å². The van der Waals surface area contributed by atoms with Crippen LogP contribution in [0.5, 0.6) is 0 Å². The summed E-state index contributed by atoms with van der Waals surface area (Å²) in [5.41, 5.74) is 0.768. The number of hydrogen-bond donors (Lipinski definition) is 0. The van der Waals surface area contributed by atoms with E-state index in [4.69, 9.17) is 4.42 Å². The van der Waals surface area contributed by atoms with Crippen molar-refractivity contribution >= 4 is 5.91 Å². The number of amides is 1. The fraction of sp³-hybridized carbons (Fsp3) is 0.562. The van der Waals surface area contributed by atoms with E-state index in [-0.39, 0.29) is 5.91 Å². The molecular formula is C16H20N4O2. The van der Waals surface area contributed by atoms with Crippen molar-refractivity contribution in [3.05, 3.63) is 36.3 Å². The fourth-order valence-electron chi connectivity index (χ4n) is 3.32. The first-order valence-corrected chi connectivity index (χ1v) is 8.00. The van der Waals surface area contributed by atoms with Gasteiger partial charge in [0.2, 0.25) is 0 Å². The zero-order valence-electron chi connectivity index (χ0n) is 12.5. The van der Waals surface area contributed by atoms with Gasteiger partial charge in [0.05, 0.1) is 11.8 Å². The van der Waals surface area contributed by atoms with E-state index >= 15 is 0 Å². The van der Waals surface area contributed by atoms with Crippen LogP contribution in [0.15, 0.2) is 29.4 Å². The lowest BCUT2D eigenvalue weighted by Gasteiger charge is -2.32. The molecule has 0 aromatic carbocycles. The molecule has 1 saturated carbocycles. The SMILES string of the molecule is O=C(c1ccoc1C1CC1)N1CCC[C@@H](Cn2cncn2)C1. The van der Waals surface area contributed by atoms with Crippen LogP contribution in [-0.4, -0.2) is 38.7 Å². The van der Waals surface area contributed by atoms with Crippen LogP contribution < -0.4 is 0 Å². The van der Waals surface area contributed by atoms with Gasteiger partial charge in [-0.3, -0.25) is 9.48 Å². The number of rotatable bonds is 4. The van der Waals surface area contributed by atoms with E-state index in [1.54, 1.807) is 18.9 Å². The highest BCUT2D eigenvalue weighted by Gasteiger charge is 2.33. The van der Waals surface area contributed by atoms with Gasteiger partial charge < -0.3 is 9.32 Å². The minimum Gasteiger partial charge on any atom is -0.468 e. The summed E-state index contributed by atoms with van der Waals surface area (Å²) in [5.74, 6) is 1.92. The largest absolute Gasteiger partial charge is 0.468 e. The van der Waals surface area contributed by atoms with E-state index in [0.717, 1.165) is 56.6 Å². The molecule has 1 saturated heterocycles. The van der Waals surface area contributed by atoms with Crippen LogP contribution in [0.25, 0.3) is 0 Å². The van der Waals surface area contributed by atoms with Crippen molar-refractivity contribution in [1.29, 1.82) is 0 Å². The average molecular weight is 300 g/mol. The molecular weight excluding hydrogens is 280 g/mol. The molecule has 1 amide bonds. The molecule has 2 aliphatic rings. The second-order valence-corrected chi connectivity index (χ2v) is 6.35. The molecule has 6 nitrogen and oxygen atoms in total. The smallest absolute Gasteiger partial charge is 0.257 e. The van der Waals surface area contributed by atoms with Crippen LogP contribution in [0.2, 0.25) is 0 Å². The number of piperidine rings is 1. The lowest BCUT2D eigenvalue weighted by Crippen LogP contribution is -2.41. The monoisotopic (exact) mass is 300 g/mol. The van der Waals surface area contributed by atoms with Crippen LogP contribution in [0.4, 0.5) is 0 Å². The van der Waals surface area contributed by atoms with Gasteiger partial charge in [-0.05, 0) is 37.7 Å². The predicted molar refractivity (Wildman–Crippen MR) is 79.3 cm³/mol. The van der Waals surface area contributed by atoms with Crippen molar-refractivity contribution < 1.29 is 9.21 Å². The summed E-state index contributed by atoms with van der Waals surface area (Å²) in [6.45, 7) is 2.45. The molecule has 2 aromatic rings. The maximum absolute atomic E-state index is 12.8. The molecule has 4 rings (SSSR count). The molecule has 0 unspecified atom stereocenters. The molecule has 0 N–H and O–H groups in total. The molecule has 6 heteroatoms. The third kappa shape index (κ3) is 2.65. The fourth-order valence-corrected chi connectivity index (χ4v) is 3.32. The Hall–Kier alpha value is -2.11. The summed E-state index contributed by atoms with van der Waals surface area (Å²) >= 11 is 0. The Balaban J connectivity index is 1.45. The van der Waals surface area contributed by atoms with Gasteiger partial charge in [0.1, 0.15) is 18.4 Å². The lowest BCUT2D eigenvalue weighted by atomic mass is 9.97. The Morgan fingerprint density at radius 2 is 2.27 bits per heavy atom. The topological polar surface area (TPSA) is 64.2 Å². The molecule has 1 atom stereocenters. The highest BCUT2D eigenvalue weighted by molar-refractivity contribution is 5.95. The summed E-state index contributed by atoms with van der Waals surface area (Å²) < 4.78 is 7.40. The summed E-state index contributed by atoms with van der Waals surface area (Å²) in [4.78, 5) is 18.7. The van der Waals surface area contributed by atoms with Crippen LogP contribution in [0, 0.1) is 5.92 Å². The standard InChI is InChI=1S/C16H20N4O2/c21-16(14-5-7-22-15(14)13-3-4-13)19-6-1-2-12(8-19)9-20-11-17-10-18-20/h5,7,10-13H,1-4,6,8-9H2/t12-/m1/s1. The number of carbonyl (C=O) groups excluding carboxylic acids is 1. The van der Waals surface area contributed by atoms with Crippen molar-refractivity contribution in [3.63, 3.8) is 0 Å². The average Bonchev–Trinajstić information content (AvgIpc) is 3.05. The quantitative estimate of drug-likeness (QED) is 0.869. The number of furan rings is 1. The highest BCUT2D eigenvalue weighted by Crippen LogP contribution is 2.42. The Labute approximate surface area is 129 Å². The minimum atomic E-state index is 0.124. The summed E-state index contributed by atoms with van der Waals surface area (Å²) in [6.07, 6.45) is 9.40. The Bertz CT molecular complexity index is 645. The second kappa shape index (κ2) is 5.59. The van der Waals surface area contributed by atoms with Gasteiger partial charge in [-0.15, -0.1) is 0 Å². The van der Waals surface area contributed by atoms with Crippen LogP contribution in [0.3, 0.4) is 0 Å². The first-order chi connectivity index (χ1) is 10.8. The van der Waals surface area contributed by atoms with Gasteiger partial charge in [-0.1, -0.05) is 0 Å². The van der Waals surface area contributed by atoms with Gasteiger partial charge in [0.25, 0.3) is 5.91 Å². The van der Waals surface area contributed by atoms with Crippen LogP contribution in [-0.2, 0) is 6.54 Å². The molecule has 1 aliphatic heterocycles. The van der Waals surface area contributed by atoms with Gasteiger partial charge in [0.15, 0.2) is 0 Å². The summed E-state index contributed by atoms with van der Waals surface area (Å²) in [5, 5.41) is 4.16. The molecule has 0 spiro atoms. The van der Waals surface area contributed by atoms with Crippen molar-refractivity contribution in [2.45, 2.75) is 38.1 Å². The Morgan fingerprint density at radius 1 is 1.36 bits per heavy atom. The van der Waals surface area contributed by atoms with E-state index in [9.17, 15) is 4.79 Å². The lowest BCUT2D eigenvalue weighted by molar-refractivity contribution is 0.0657. The van der Waals surface area contributed by atoms with Crippen molar-refractivity contribution in [1.82, 2.24) is 19.7 Å². The number of aromatic nitrogens is 3. The first kappa shape index (κ1) is 13.5. The molecule has 0 radical (unpaired) electrons. The normalized spacial score (nSPS) is 22.0. The molecule has 1 aliphatic carbocycles. The van der Waals surface area contributed by atoms with Crippen molar-refractivity contribution in [3.8, 4) is 0 Å². The summed E-state index contributed by atoms with van der Waals surface area (Å²) in [7, 11) is 0. The van der Waals surface area contributed by atoms with E-state index in [2.05, 4.69) is 10.1 Å². The second-order valence-electron chi connectivity index (χ2n) is 6.35. The highest BCUT2D eigenvalue weighted by atomic mass is 16.3. The predicted octanol–water partition coefficient (Wildman–Crippen LogP) is 2.30. The third-order valence-electron chi connectivity index (χ3n) is 4.59. The molecule has 116 valence electrons. The number of nitrogens with zero attached hydrogens (tertiary/aromatic N) is 4. The van der Waals surface area contributed by atoms with Gasteiger partial charge in [0, 0.05) is 25.6 Å². The third-order valence-corrected chi connectivity index (χ3v) is 4.59. The maximum atomic E-state index is 12.8. The zero-order valence-corrected chi connectivity index (χ0v) is 12.5. The molecule has 3 heterocycles. The number of hydrogen-bond acceptors (Lipinski definition) is 4. The molecule has 2 fully saturated rings. The molecule has 22 heavy (non-hydrogen) atoms. The van der Waals surface area contributed by atoms with Gasteiger partial charge in [-0.2, -0.15) is 5.10 Å². The van der Waals surface area contributed by atoms with E-state index in [0.29, 0.717) is 11.8 Å². The minimum absolute atomic E-state index is 0.124. The Morgan fingerprint density at radius 3 is 3.05 bits per heavy atom. The van der Waals surface area contributed by atoms with E-state index in [1.165, 1.54) is 0 Å². The van der Waals surface area contributed by atoms with Crippen LogP contribution >= 0.6 is 0 Å². The van der Waals surface area contributed by atoms with E-state index in [1.807, 2.05) is 15.6 Å².